The highest BCUT2D eigenvalue weighted by atomic mass is 16.4. The number of carbonyl (C=O) groups excluding carboxylic acids is 1. The van der Waals surface area contributed by atoms with E-state index < -0.39 is 0 Å². The number of hydrogen-bond acceptors (Lipinski definition) is 3. The molecule has 0 spiro atoms. The predicted octanol–water partition coefficient (Wildman–Crippen LogP) is 1.45. The molecule has 3 aliphatic carbocycles. The Kier molecular flexibility index (Phi) is 1.35. The minimum absolute atomic E-state index is 0.0602. The van der Waals surface area contributed by atoms with Crippen LogP contribution in [0.4, 0.5) is 0 Å². The van der Waals surface area contributed by atoms with E-state index in [1.54, 1.807) is 0 Å². The largest absolute Gasteiger partial charge is 0.411 e. The monoisotopic (exact) mass is 167 g/mol. The van der Waals surface area contributed by atoms with Crippen molar-refractivity contribution < 1.29 is 10.0 Å². The van der Waals surface area contributed by atoms with Crippen LogP contribution in [0.25, 0.3) is 0 Å². The summed E-state index contributed by atoms with van der Waals surface area (Å²) in [5.74, 6) is 0.721. The van der Waals surface area contributed by atoms with Crippen LogP contribution in [0.5, 0.6) is 0 Å². The SMILES string of the molecule is CC1(C)[C@@H]2C/C(=N/O)C(=O)[C@H]1C2. The van der Waals surface area contributed by atoms with Crippen molar-refractivity contribution in [1.82, 2.24) is 0 Å². The van der Waals surface area contributed by atoms with E-state index in [1.807, 2.05) is 0 Å². The van der Waals surface area contributed by atoms with Crippen molar-refractivity contribution in [2.24, 2.45) is 22.4 Å². The summed E-state index contributed by atoms with van der Waals surface area (Å²) in [4.78, 5) is 11.5. The molecule has 3 saturated carbocycles. The van der Waals surface area contributed by atoms with Crippen molar-refractivity contribution in [3.8, 4) is 0 Å². The van der Waals surface area contributed by atoms with Crippen LogP contribution in [0.2, 0.25) is 0 Å². The van der Waals surface area contributed by atoms with Crippen LogP contribution < -0.4 is 0 Å². The van der Waals surface area contributed by atoms with Gasteiger partial charge in [-0.05, 0) is 24.2 Å². The quantitative estimate of drug-likeness (QED) is 0.438. The Morgan fingerprint density at radius 1 is 1.58 bits per heavy atom. The van der Waals surface area contributed by atoms with E-state index in [-0.39, 0.29) is 17.1 Å². The Balaban J connectivity index is 2.28. The van der Waals surface area contributed by atoms with E-state index in [0.29, 0.717) is 18.1 Å². The maximum Gasteiger partial charge on any atom is 0.184 e. The molecule has 0 amide bonds. The molecule has 0 radical (unpaired) electrons. The molecule has 0 heterocycles. The number of ketones is 1. The van der Waals surface area contributed by atoms with Gasteiger partial charge in [-0.25, -0.2) is 0 Å². The second-order valence-corrected chi connectivity index (χ2v) is 4.42. The number of oxime groups is 1. The highest BCUT2D eigenvalue weighted by molar-refractivity contribution is 6.42. The van der Waals surface area contributed by atoms with E-state index >= 15 is 0 Å². The van der Waals surface area contributed by atoms with Crippen LogP contribution in [-0.4, -0.2) is 16.7 Å². The number of nitrogens with zero attached hydrogens (tertiary/aromatic N) is 1. The van der Waals surface area contributed by atoms with Crippen molar-refractivity contribution in [3.63, 3.8) is 0 Å². The van der Waals surface area contributed by atoms with Crippen LogP contribution in [0.3, 0.4) is 0 Å². The average molecular weight is 167 g/mol. The van der Waals surface area contributed by atoms with Gasteiger partial charge in [0.2, 0.25) is 0 Å². The molecule has 3 rings (SSSR count). The molecule has 0 saturated heterocycles. The zero-order valence-corrected chi connectivity index (χ0v) is 7.37. The van der Waals surface area contributed by atoms with Gasteiger partial charge in [0.05, 0.1) is 0 Å². The maximum atomic E-state index is 11.5. The van der Waals surface area contributed by atoms with Crippen molar-refractivity contribution in [2.75, 3.05) is 0 Å². The molecule has 3 heteroatoms. The number of rotatable bonds is 0. The fraction of sp³-hybridized carbons (Fsp3) is 0.778. The fourth-order valence-corrected chi connectivity index (χ4v) is 2.43. The molecule has 1 N–H and O–H groups in total. The molecule has 0 aromatic rings. The Hall–Kier alpha value is -0.860. The first-order valence-corrected chi connectivity index (χ1v) is 4.32. The third-order valence-corrected chi connectivity index (χ3v) is 3.63. The van der Waals surface area contributed by atoms with Crippen LogP contribution in [-0.2, 0) is 4.79 Å². The molecule has 2 bridgehead atoms. The molecule has 0 aromatic carbocycles. The molecule has 2 atom stereocenters. The summed E-state index contributed by atoms with van der Waals surface area (Å²) in [6.45, 7) is 4.25. The number of fused-ring (bicyclic) bond motifs is 2. The van der Waals surface area contributed by atoms with E-state index in [1.165, 1.54) is 0 Å². The van der Waals surface area contributed by atoms with Crippen molar-refractivity contribution in [1.29, 1.82) is 0 Å². The minimum atomic E-state index is 0.0602. The van der Waals surface area contributed by atoms with E-state index in [2.05, 4.69) is 19.0 Å². The lowest BCUT2D eigenvalue weighted by molar-refractivity contribution is -0.135. The van der Waals surface area contributed by atoms with Crippen LogP contribution in [0, 0.1) is 17.3 Å². The predicted molar refractivity (Wildman–Crippen MR) is 44.2 cm³/mol. The third kappa shape index (κ3) is 0.713. The maximum absolute atomic E-state index is 11.5. The number of carbonyl (C=O) groups is 1. The molecule has 12 heavy (non-hydrogen) atoms. The van der Waals surface area contributed by atoms with Gasteiger partial charge >= 0.3 is 0 Å². The van der Waals surface area contributed by atoms with Gasteiger partial charge in [0.25, 0.3) is 0 Å². The van der Waals surface area contributed by atoms with Crippen LogP contribution in [0.15, 0.2) is 5.16 Å². The summed E-state index contributed by atoms with van der Waals surface area (Å²) in [5.41, 5.74) is 0.529. The third-order valence-electron chi connectivity index (χ3n) is 3.63. The van der Waals surface area contributed by atoms with E-state index in [0.717, 1.165) is 6.42 Å². The van der Waals surface area contributed by atoms with Gasteiger partial charge in [-0.15, -0.1) is 0 Å². The van der Waals surface area contributed by atoms with Crippen LogP contribution >= 0.6 is 0 Å². The van der Waals surface area contributed by atoms with Gasteiger partial charge in [-0.3, -0.25) is 4.79 Å². The first-order valence-electron chi connectivity index (χ1n) is 4.32. The molecular weight excluding hydrogens is 154 g/mol. The normalized spacial score (nSPS) is 41.2. The highest BCUT2D eigenvalue weighted by Crippen LogP contribution is 2.56. The summed E-state index contributed by atoms with van der Waals surface area (Å²) in [5, 5.41) is 11.6. The number of Topliss-reactive ketones (excluding diaryl/α,β-unsaturated/α-hetero) is 1. The van der Waals surface area contributed by atoms with Crippen molar-refractivity contribution >= 4 is 11.5 Å². The van der Waals surface area contributed by atoms with E-state index in [4.69, 9.17) is 5.21 Å². The Morgan fingerprint density at radius 3 is 2.67 bits per heavy atom. The van der Waals surface area contributed by atoms with Gasteiger partial charge < -0.3 is 5.21 Å². The van der Waals surface area contributed by atoms with Crippen molar-refractivity contribution in [2.45, 2.75) is 26.7 Å². The lowest BCUT2D eigenvalue weighted by Gasteiger charge is -2.55. The topological polar surface area (TPSA) is 49.7 Å². The van der Waals surface area contributed by atoms with Gasteiger partial charge in [-0.2, -0.15) is 0 Å². The lowest BCUT2D eigenvalue weighted by atomic mass is 9.48. The van der Waals surface area contributed by atoms with Gasteiger partial charge in [0.1, 0.15) is 5.71 Å². The zero-order chi connectivity index (χ0) is 8.93. The molecular formula is C9H13NO2. The number of hydrogen-bond donors (Lipinski definition) is 1. The first kappa shape index (κ1) is 7.77. The summed E-state index contributed by atoms with van der Waals surface area (Å²) in [7, 11) is 0. The molecule has 0 aromatic heterocycles. The molecule has 3 nitrogen and oxygen atoms in total. The Bertz CT molecular complexity index is 268. The van der Waals surface area contributed by atoms with Crippen molar-refractivity contribution in [3.05, 3.63) is 0 Å². The second-order valence-electron chi connectivity index (χ2n) is 4.42. The lowest BCUT2D eigenvalue weighted by Crippen LogP contribution is -2.56. The van der Waals surface area contributed by atoms with E-state index in [9.17, 15) is 4.79 Å². The zero-order valence-electron chi connectivity index (χ0n) is 7.37. The Morgan fingerprint density at radius 2 is 2.25 bits per heavy atom. The Labute approximate surface area is 71.5 Å². The summed E-state index contributed by atoms with van der Waals surface area (Å²) in [6.07, 6.45) is 1.66. The summed E-state index contributed by atoms with van der Waals surface area (Å²) in [6, 6.07) is 0. The van der Waals surface area contributed by atoms with Gasteiger partial charge in [0.15, 0.2) is 5.78 Å². The van der Waals surface area contributed by atoms with Gasteiger partial charge in [0, 0.05) is 5.92 Å². The molecule has 0 aliphatic heterocycles. The first-order chi connectivity index (χ1) is 5.57. The molecule has 66 valence electrons. The molecule has 3 fully saturated rings. The highest BCUT2D eigenvalue weighted by Gasteiger charge is 2.56. The molecule has 0 unspecified atom stereocenters. The summed E-state index contributed by atoms with van der Waals surface area (Å²) < 4.78 is 0. The minimum Gasteiger partial charge on any atom is -0.411 e. The van der Waals surface area contributed by atoms with Crippen LogP contribution in [0.1, 0.15) is 26.7 Å². The molecule has 3 aliphatic rings. The standard InChI is InChI=1S/C9H13NO2/c1-9(2)5-3-6(9)8(11)7(4-5)10-12/h5-6,12H,3-4H2,1-2H3/b10-7-/t5-,6+/m0/s1. The fourth-order valence-electron chi connectivity index (χ4n) is 2.43. The smallest absolute Gasteiger partial charge is 0.184 e. The summed E-state index contributed by atoms with van der Waals surface area (Å²) >= 11 is 0. The second kappa shape index (κ2) is 2.09. The average Bonchev–Trinajstić information content (AvgIpc) is 2.03. The van der Waals surface area contributed by atoms with Gasteiger partial charge in [-0.1, -0.05) is 19.0 Å².